The van der Waals surface area contributed by atoms with Crippen LogP contribution in [-0.4, -0.2) is 45.8 Å². The maximum Gasteiger partial charge on any atom is 0.328 e. The van der Waals surface area contributed by atoms with E-state index in [0.717, 1.165) is 36.8 Å². The highest BCUT2D eigenvalue weighted by Crippen LogP contribution is 2.35. The molecule has 0 radical (unpaired) electrons. The molecule has 4 rings (SSSR count). The number of carbonyl (C=O) groups is 2. The van der Waals surface area contributed by atoms with Gasteiger partial charge in [-0.1, -0.05) is 25.0 Å². The number of hydrogen-bond donors (Lipinski definition) is 1. The van der Waals surface area contributed by atoms with E-state index in [9.17, 15) is 19.2 Å². The lowest BCUT2D eigenvalue weighted by atomic mass is 9.78. The van der Waals surface area contributed by atoms with Crippen molar-refractivity contribution in [1.29, 1.82) is 0 Å². The Hall–Kier alpha value is -2.90. The average Bonchev–Trinajstić information content (AvgIpc) is 2.75. The number of rotatable bonds is 4. The number of nitrogens with one attached hydrogen (secondary N) is 1. The second-order valence-electron chi connectivity index (χ2n) is 7.88. The standard InChI is InChI=1S/C21H25N3O5/c25-18(23-11-5-7-14-6-1-4-10-17(14)23)13-29-19(26)12-24-21(28)16-9-3-2-8-15(16)20(27)22-24/h2-3,8-9,14,17H,1,4-7,10-13H2,(H,22,27)/t14-,17-/m1/s1. The Kier molecular flexibility index (Phi) is 5.51. The second-order valence-corrected chi connectivity index (χ2v) is 7.88. The van der Waals surface area contributed by atoms with Crippen molar-refractivity contribution in [1.82, 2.24) is 14.7 Å². The van der Waals surface area contributed by atoms with E-state index < -0.39 is 23.6 Å². The SMILES string of the molecule is O=C(Cn1[nH]c(=O)c2ccccc2c1=O)OCC(=O)N1CCC[C@H]2CCCC[C@H]21. The van der Waals surface area contributed by atoms with Gasteiger partial charge in [-0.3, -0.25) is 24.3 Å². The van der Waals surface area contributed by atoms with Crippen molar-refractivity contribution in [2.45, 2.75) is 51.1 Å². The van der Waals surface area contributed by atoms with Gasteiger partial charge in [-0.15, -0.1) is 0 Å². The van der Waals surface area contributed by atoms with Crippen molar-refractivity contribution < 1.29 is 14.3 Å². The number of benzene rings is 1. The Balaban J connectivity index is 1.40. The fourth-order valence-electron chi connectivity index (χ4n) is 4.69. The lowest BCUT2D eigenvalue weighted by molar-refractivity contribution is -0.155. The van der Waals surface area contributed by atoms with Gasteiger partial charge < -0.3 is 9.64 Å². The number of amides is 1. The molecule has 1 saturated carbocycles. The topological polar surface area (TPSA) is 101 Å². The molecule has 29 heavy (non-hydrogen) atoms. The first-order chi connectivity index (χ1) is 14.0. The number of ether oxygens (including phenoxy) is 1. The van der Waals surface area contributed by atoms with Gasteiger partial charge in [0.15, 0.2) is 6.61 Å². The van der Waals surface area contributed by atoms with Crippen LogP contribution < -0.4 is 11.1 Å². The van der Waals surface area contributed by atoms with Crippen molar-refractivity contribution in [2.24, 2.45) is 5.92 Å². The molecule has 154 valence electrons. The molecule has 2 heterocycles. The molecule has 1 aliphatic carbocycles. The Morgan fingerprint density at radius 2 is 1.76 bits per heavy atom. The van der Waals surface area contributed by atoms with Gasteiger partial charge in [-0.05, 0) is 43.7 Å². The third-order valence-electron chi connectivity index (χ3n) is 6.09. The Morgan fingerprint density at radius 3 is 2.59 bits per heavy atom. The minimum Gasteiger partial charge on any atom is -0.454 e. The monoisotopic (exact) mass is 399 g/mol. The van der Waals surface area contributed by atoms with Crippen LogP contribution in [0.3, 0.4) is 0 Å². The van der Waals surface area contributed by atoms with Crippen molar-refractivity contribution >= 4 is 22.6 Å². The average molecular weight is 399 g/mol. The lowest BCUT2D eigenvalue weighted by Gasteiger charge is -2.44. The van der Waals surface area contributed by atoms with Gasteiger partial charge in [0.05, 0.1) is 10.8 Å². The normalized spacial score (nSPS) is 21.6. The van der Waals surface area contributed by atoms with E-state index in [1.165, 1.54) is 12.5 Å². The largest absolute Gasteiger partial charge is 0.454 e. The zero-order valence-electron chi connectivity index (χ0n) is 16.3. The summed E-state index contributed by atoms with van der Waals surface area (Å²) in [6.07, 6.45) is 6.66. The van der Waals surface area contributed by atoms with E-state index in [1.54, 1.807) is 18.2 Å². The summed E-state index contributed by atoms with van der Waals surface area (Å²) < 4.78 is 6.06. The number of esters is 1. The number of likely N-dealkylation sites (tertiary alicyclic amines) is 1. The molecule has 0 spiro atoms. The van der Waals surface area contributed by atoms with E-state index in [1.807, 2.05) is 4.90 Å². The van der Waals surface area contributed by atoms with E-state index >= 15 is 0 Å². The van der Waals surface area contributed by atoms with Gasteiger partial charge in [0, 0.05) is 12.6 Å². The smallest absolute Gasteiger partial charge is 0.328 e. The molecule has 1 aliphatic heterocycles. The molecule has 1 amide bonds. The van der Waals surface area contributed by atoms with Crippen LogP contribution >= 0.6 is 0 Å². The molecule has 1 aromatic carbocycles. The highest BCUT2D eigenvalue weighted by atomic mass is 16.5. The zero-order chi connectivity index (χ0) is 20.4. The van der Waals surface area contributed by atoms with Gasteiger partial charge in [0.1, 0.15) is 6.54 Å². The Morgan fingerprint density at radius 1 is 1.03 bits per heavy atom. The van der Waals surface area contributed by atoms with Crippen LogP contribution in [0.4, 0.5) is 0 Å². The van der Waals surface area contributed by atoms with Crippen molar-refractivity contribution in [3.8, 4) is 0 Å². The predicted octanol–water partition coefficient (Wildman–Crippen LogP) is 1.41. The number of hydrogen-bond acceptors (Lipinski definition) is 5. The summed E-state index contributed by atoms with van der Waals surface area (Å²) >= 11 is 0. The van der Waals surface area contributed by atoms with Crippen LogP contribution in [0, 0.1) is 5.92 Å². The first-order valence-electron chi connectivity index (χ1n) is 10.2. The molecule has 1 saturated heterocycles. The molecule has 2 fully saturated rings. The van der Waals surface area contributed by atoms with E-state index in [-0.39, 0.29) is 29.3 Å². The Labute approximate surface area is 167 Å². The molecular weight excluding hydrogens is 374 g/mol. The summed E-state index contributed by atoms with van der Waals surface area (Å²) in [5.74, 6) is -0.365. The highest BCUT2D eigenvalue weighted by molar-refractivity contribution is 5.82. The maximum absolute atomic E-state index is 12.6. The van der Waals surface area contributed by atoms with Crippen LogP contribution in [0.5, 0.6) is 0 Å². The van der Waals surface area contributed by atoms with Crippen LogP contribution in [0.2, 0.25) is 0 Å². The number of aromatic amines is 1. The molecular formula is C21H25N3O5. The molecule has 0 unspecified atom stereocenters. The van der Waals surface area contributed by atoms with Crippen molar-refractivity contribution in [3.63, 3.8) is 0 Å². The summed E-state index contributed by atoms with van der Waals surface area (Å²) in [4.78, 5) is 51.3. The number of carbonyl (C=O) groups excluding carboxylic acids is 2. The number of fused-ring (bicyclic) bond motifs is 2. The van der Waals surface area contributed by atoms with Crippen LogP contribution in [-0.2, 0) is 20.9 Å². The fourth-order valence-corrected chi connectivity index (χ4v) is 4.69. The van der Waals surface area contributed by atoms with E-state index in [2.05, 4.69) is 5.10 Å². The summed E-state index contributed by atoms with van der Waals surface area (Å²) in [6, 6.07) is 6.66. The first kappa shape index (κ1) is 19.4. The maximum atomic E-state index is 12.6. The molecule has 8 nitrogen and oxygen atoms in total. The predicted molar refractivity (Wildman–Crippen MR) is 106 cm³/mol. The molecule has 0 bridgehead atoms. The molecule has 1 aromatic heterocycles. The highest BCUT2D eigenvalue weighted by Gasteiger charge is 2.35. The van der Waals surface area contributed by atoms with E-state index in [4.69, 9.17) is 4.74 Å². The van der Waals surface area contributed by atoms with Gasteiger partial charge in [-0.25, -0.2) is 4.68 Å². The summed E-state index contributed by atoms with van der Waals surface area (Å²) in [5.41, 5.74) is -0.940. The molecule has 1 N–H and O–H groups in total. The molecule has 2 atom stereocenters. The number of H-pyrrole nitrogens is 1. The third-order valence-corrected chi connectivity index (χ3v) is 6.09. The zero-order valence-corrected chi connectivity index (χ0v) is 16.3. The summed E-state index contributed by atoms with van der Waals surface area (Å²) in [5, 5.41) is 2.89. The minimum atomic E-state index is -0.733. The Bertz CT molecular complexity index is 1040. The lowest BCUT2D eigenvalue weighted by Crippen LogP contribution is -2.51. The first-order valence-corrected chi connectivity index (χ1v) is 10.2. The minimum absolute atomic E-state index is 0.186. The molecule has 2 aliphatic rings. The molecule has 8 heteroatoms. The van der Waals surface area contributed by atoms with Gasteiger partial charge in [0.25, 0.3) is 17.0 Å². The van der Waals surface area contributed by atoms with Gasteiger partial charge in [0.2, 0.25) is 0 Å². The van der Waals surface area contributed by atoms with Crippen LogP contribution in [0.25, 0.3) is 10.8 Å². The quantitative estimate of drug-likeness (QED) is 0.784. The van der Waals surface area contributed by atoms with Crippen LogP contribution in [0.15, 0.2) is 33.9 Å². The summed E-state index contributed by atoms with van der Waals surface area (Å²) in [6.45, 7) is -0.0815. The molecule has 2 aromatic rings. The van der Waals surface area contributed by atoms with Crippen LogP contribution in [0.1, 0.15) is 38.5 Å². The second kappa shape index (κ2) is 8.23. The fraction of sp³-hybridized carbons (Fsp3) is 0.524. The number of aromatic nitrogens is 2. The van der Waals surface area contributed by atoms with Gasteiger partial charge in [-0.2, -0.15) is 0 Å². The number of nitrogens with zero attached hydrogens (tertiary/aromatic N) is 2. The van der Waals surface area contributed by atoms with E-state index in [0.29, 0.717) is 12.5 Å². The summed E-state index contributed by atoms with van der Waals surface area (Å²) in [7, 11) is 0. The van der Waals surface area contributed by atoms with Gasteiger partial charge >= 0.3 is 5.97 Å². The van der Waals surface area contributed by atoms with Crippen molar-refractivity contribution in [2.75, 3.05) is 13.2 Å². The third kappa shape index (κ3) is 3.97. The van der Waals surface area contributed by atoms with Crippen molar-refractivity contribution in [3.05, 3.63) is 45.0 Å². The number of piperidine rings is 1.